The third-order valence-electron chi connectivity index (χ3n) is 5.36. The van der Waals surface area contributed by atoms with Crippen LogP contribution in [0.1, 0.15) is 53.6 Å². The number of hydrogen-bond donors (Lipinski definition) is 1. The standard InChI is InChI=1S/C23H29N3O2/c1-26(21-9-4-3-5-10-21)17-20-8-6-7-11-22(20)25-23(27)19-14-12-18(13-15-19)16-24-28-2/h6-8,11-16,21H,3-5,9-10,17H2,1-2H3,(H,25,27)/b24-16+. The second-order valence-corrected chi connectivity index (χ2v) is 7.36. The minimum absolute atomic E-state index is 0.108. The third-order valence-corrected chi connectivity index (χ3v) is 5.36. The second-order valence-electron chi connectivity index (χ2n) is 7.36. The van der Waals surface area contributed by atoms with E-state index in [2.05, 4.69) is 33.3 Å². The highest BCUT2D eigenvalue weighted by Crippen LogP contribution is 2.25. The molecule has 5 heteroatoms. The van der Waals surface area contributed by atoms with Crippen LogP contribution in [-0.4, -0.2) is 37.2 Å². The fraction of sp³-hybridized carbons (Fsp3) is 0.391. The molecule has 1 saturated carbocycles. The first-order chi connectivity index (χ1) is 13.7. The van der Waals surface area contributed by atoms with E-state index in [9.17, 15) is 4.79 Å². The fourth-order valence-electron chi connectivity index (χ4n) is 3.73. The molecular weight excluding hydrogens is 350 g/mol. The number of hydrogen-bond acceptors (Lipinski definition) is 4. The minimum Gasteiger partial charge on any atom is -0.399 e. The number of carbonyl (C=O) groups excluding carboxylic acids is 1. The molecular formula is C23H29N3O2. The van der Waals surface area contributed by atoms with Gasteiger partial charge in [0, 0.05) is 23.8 Å². The lowest BCUT2D eigenvalue weighted by atomic mass is 9.94. The van der Waals surface area contributed by atoms with Crippen LogP contribution in [0.5, 0.6) is 0 Å². The van der Waals surface area contributed by atoms with Crippen LogP contribution in [0, 0.1) is 0 Å². The molecule has 3 rings (SSSR count). The Morgan fingerprint density at radius 3 is 2.57 bits per heavy atom. The molecule has 148 valence electrons. The van der Waals surface area contributed by atoms with E-state index < -0.39 is 0 Å². The summed E-state index contributed by atoms with van der Waals surface area (Å²) in [6, 6.07) is 16.0. The summed E-state index contributed by atoms with van der Waals surface area (Å²) in [6.45, 7) is 0.841. The Morgan fingerprint density at radius 1 is 1.14 bits per heavy atom. The number of nitrogens with one attached hydrogen (secondary N) is 1. The smallest absolute Gasteiger partial charge is 0.255 e. The molecule has 28 heavy (non-hydrogen) atoms. The van der Waals surface area contributed by atoms with Crippen molar-refractivity contribution in [3.05, 3.63) is 65.2 Å². The van der Waals surface area contributed by atoms with Gasteiger partial charge in [0.05, 0.1) is 6.21 Å². The lowest BCUT2D eigenvalue weighted by molar-refractivity contribution is 0.102. The van der Waals surface area contributed by atoms with Gasteiger partial charge in [-0.3, -0.25) is 9.69 Å². The van der Waals surface area contributed by atoms with Crippen molar-refractivity contribution in [2.75, 3.05) is 19.5 Å². The first-order valence-corrected chi connectivity index (χ1v) is 9.93. The average molecular weight is 380 g/mol. The quantitative estimate of drug-likeness (QED) is 0.561. The van der Waals surface area contributed by atoms with E-state index in [1.807, 2.05) is 30.3 Å². The van der Waals surface area contributed by atoms with Gasteiger partial charge in [-0.15, -0.1) is 0 Å². The SMILES string of the molecule is CO/N=C/c1ccc(C(=O)Nc2ccccc2CN(C)C2CCCCC2)cc1. The van der Waals surface area contributed by atoms with Crippen LogP contribution in [0.3, 0.4) is 0 Å². The van der Waals surface area contributed by atoms with Crippen molar-refractivity contribution < 1.29 is 9.63 Å². The zero-order valence-electron chi connectivity index (χ0n) is 16.7. The van der Waals surface area contributed by atoms with Crippen LogP contribution in [0.2, 0.25) is 0 Å². The van der Waals surface area contributed by atoms with Gasteiger partial charge in [0.15, 0.2) is 0 Å². The summed E-state index contributed by atoms with van der Waals surface area (Å²) in [4.78, 5) is 19.8. The number of nitrogens with zero attached hydrogens (tertiary/aromatic N) is 2. The summed E-state index contributed by atoms with van der Waals surface area (Å²) >= 11 is 0. The van der Waals surface area contributed by atoms with Gasteiger partial charge < -0.3 is 10.2 Å². The van der Waals surface area contributed by atoms with Gasteiger partial charge in [0.1, 0.15) is 7.11 Å². The van der Waals surface area contributed by atoms with Gasteiger partial charge in [-0.2, -0.15) is 0 Å². The summed E-state index contributed by atoms with van der Waals surface area (Å²) < 4.78 is 0. The van der Waals surface area contributed by atoms with Crippen LogP contribution in [0.25, 0.3) is 0 Å². The van der Waals surface area contributed by atoms with E-state index >= 15 is 0 Å². The van der Waals surface area contributed by atoms with E-state index in [1.54, 1.807) is 18.3 Å². The summed E-state index contributed by atoms with van der Waals surface area (Å²) in [6.07, 6.45) is 8.13. The van der Waals surface area contributed by atoms with Crippen LogP contribution in [0.15, 0.2) is 53.7 Å². The Bertz CT molecular complexity index is 796. The zero-order valence-corrected chi connectivity index (χ0v) is 16.7. The largest absolute Gasteiger partial charge is 0.399 e. The van der Waals surface area contributed by atoms with E-state index in [4.69, 9.17) is 0 Å². The summed E-state index contributed by atoms with van der Waals surface area (Å²) in [5.41, 5.74) is 3.52. The molecule has 1 N–H and O–H groups in total. The maximum absolute atomic E-state index is 12.7. The number of amides is 1. The molecule has 0 heterocycles. The Morgan fingerprint density at radius 2 is 1.86 bits per heavy atom. The molecule has 0 aromatic heterocycles. The van der Waals surface area contributed by atoms with E-state index in [0.29, 0.717) is 11.6 Å². The van der Waals surface area contributed by atoms with Crippen molar-refractivity contribution in [2.45, 2.75) is 44.7 Å². The number of para-hydroxylation sites is 1. The molecule has 0 saturated heterocycles. The number of oxime groups is 1. The molecule has 5 nitrogen and oxygen atoms in total. The molecule has 2 aromatic carbocycles. The maximum Gasteiger partial charge on any atom is 0.255 e. The fourth-order valence-corrected chi connectivity index (χ4v) is 3.73. The van der Waals surface area contributed by atoms with Gasteiger partial charge in [0.25, 0.3) is 5.91 Å². The molecule has 2 aromatic rings. The first kappa shape index (κ1) is 20.1. The molecule has 0 spiro atoms. The first-order valence-electron chi connectivity index (χ1n) is 9.93. The summed E-state index contributed by atoms with van der Waals surface area (Å²) in [7, 11) is 3.69. The van der Waals surface area contributed by atoms with Crippen molar-refractivity contribution in [1.29, 1.82) is 0 Å². The lowest BCUT2D eigenvalue weighted by Gasteiger charge is -2.31. The third kappa shape index (κ3) is 5.42. The lowest BCUT2D eigenvalue weighted by Crippen LogP contribution is -2.33. The highest BCUT2D eigenvalue weighted by atomic mass is 16.6. The number of benzene rings is 2. The molecule has 0 bridgehead atoms. The van der Waals surface area contributed by atoms with Crippen LogP contribution >= 0.6 is 0 Å². The van der Waals surface area contributed by atoms with Crippen LogP contribution < -0.4 is 5.32 Å². The van der Waals surface area contributed by atoms with Gasteiger partial charge in [0.2, 0.25) is 0 Å². The molecule has 1 aliphatic carbocycles. The van der Waals surface area contributed by atoms with Crippen molar-refractivity contribution in [2.24, 2.45) is 5.16 Å². The predicted molar refractivity (Wildman–Crippen MR) is 114 cm³/mol. The molecule has 1 aliphatic rings. The normalized spacial score (nSPS) is 15.1. The number of anilines is 1. The molecule has 0 radical (unpaired) electrons. The van der Waals surface area contributed by atoms with E-state index in [0.717, 1.165) is 23.4 Å². The van der Waals surface area contributed by atoms with Crippen molar-refractivity contribution in [3.63, 3.8) is 0 Å². The van der Waals surface area contributed by atoms with Crippen molar-refractivity contribution >= 4 is 17.8 Å². The highest BCUT2D eigenvalue weighted by Gasteiger charge is 2.19. The van der Waals surface area contributed by atoms with Crippen molar-refractivity contribution in [3.8, 4) is 0 Å². The predicted octanol–water partition coefficient (Wildman–Crippen LogP) is 4.68. The molecule has 1 fully saturated rings. The minimum atomic E-state index is -0.108. The van der Waals surface area contributed by atoms with Gasteiger partial charge >= 0.3 is 0 Å². The maximum atomic E-state index is 12.7. The Kier molecular flexibility index (Phi) is 7.20. The highest BCUT2D eigenvalue weighted by molar-refractivity contribution is 6.05. The molecule has 0 unspecified atom stereocenters. The van der Waals surface area contributed by atoms with Crippen molar-refractivity contribution in [1.82, 2.24) is 4.90 Å². The average Bonchev–Trinajstić information content (AvgIpc) is 2.74. The number of rotatable bonds is 7. The Labute approximate surface area is 167 Å². The Hall–Kier alpha value is -2.66. The Balaban J connectivity index is 1.66. The van der Waals surface area contributed by atoms with Gasteiger partial charge in [-0.1, -0.05) is 54.8 Å². The summed E-state index contributed by atoms with van der Waals surface area (Å²) in [5, 5.41) is 6.81. The van der Waals surface area contributed by atoms with Gasteiger partial charge in [-0.05, 0) is 49.2 Å². The van der Waals surface area contributed by atoms with Crippen LogP contribution in [0.4, 0.5) is 5.69 Å². The van der Waals surface area contributed by atoms with Gasteiger partial charge in [-0.25, -0.2) is 0 Å². The molecule has 1 amide bonds. The zero-order chi connectivity index (χ0) is 19.8. The van der Waals surface area contributed by atoms with Crippen LogP contribution in [-0.2, 0) is 11.4 Å². The second kappa shape index (κ2) is 10.0. The monoisotopic (exact) mass is 379 g/mol. The van der Waals surface area contributed by atoms with E-state index in [1.165, 1.54) is 39.2 Å². The number of carbonyl (C=O) groups is 1. The topological polar surface area (TPSA) is 53.9 Å². The summed E-state index contributed by atoms with van der Waals surface area (Å²) in [5.74, 6) is -0.108. The van der Waals surface area contributed by atoms with E-state index in [-0.39, 0.29) is 5.91 Å². The molecule has 0 aliphatic heterocycles. The molecule has 0 atom stereocenters.